The molecule has 3 aromatic carbocycles. The van der Waals surface area contributed by atoms with Gasteiger partial charge in [0.2, 0.25) is 0 Å². The van der Waals surface area contributed by atoms with Gasteiger partial charge in [-0.2, -0.15) is 0 Å². The van der Waals surface area contributed by atoms with Crippen LogP contribution in [-0.4, -0.2) is 31.1 Å². The Morgan fingerprint density at radius 2 is 1.35 bits per heavy atom. The summed E-state index contributed by atoms with van der Waals surface area (Å²) in [5.41, 5.74) is 2.76. The molecule has 116 valence electrons. The summed E-state index contributed by atoms with van der Waals surface area (Å²) < 4.78 is 0. The number of piperazine rings is 1. The smallest absolute Gasteiger partial charge is 0.0373 e. The Labute approximate surface area is 138 Å². The molecule has 0 N–H and O–H groups in total. The lowest BCUT2D eigenvalue weighted by atomic mass is 10.1. The fourth-order valence-electron chi connectivity index (χ4n) is 3.38. The maximum absolute atomic E-state index is 2.55. The van der Waals surface area contributed by atoms with Gasteiger partial charge >= 0.3 is 0 Å². The predicted octanol–water partition coefficient (Wildman–Crippen LogP) is 4.16. The minimum absolute atomic E-state index is 1.06. The highest BCUT2D eigenvalue weighted by molar-refractivity contribution is 5.85. The molecular formula is C21H22N2. The van der Waals surface area contributed by atoms with Gasteiger partial charge in [0.15, 0.2) is 0 Å². The molecule has 0 atom stereocenters. The summed E-state index contributed by atoms with van der Waals surface area (Å²) in [5.74, 6) is 0. The number of hydrogen-bond donors (Lipinski definition) is 0. The Bertz CT molecular complexity index is 774. The Morgan fingerprint density at radius 1 is 0.652 bits per heavy atom. The summed E-state index contributed by atoms with van der Waals surface area (Å²) >= 11 is 0. The lowest BCUT2D eigenvalue weighted by Gasteiger charge is -2.36. The fraction of sp³-hybridized carbons (Fsp3) is 0.238. The largest absolute Gasteiger partial charge is 0.369 e. The van der Waals surface area contributed by atoms with Crippen molar-refractivity contribution in [2.24, 2.45) is 0 Å². The molecule has 4 rings (SSSR count). The maximum atomic E-state index is 2.55. The summed E-state index contributed by atoms with van der Waals surface area (Å²) in [4.78, 5) is 5.06. The Hall–Kier alpha value is -2.32. The van der Waals surface area contributed by atoms with E-state index in [1.165, 1.54) is 22.0 Å². The zero-order valence-electron chi connectivity index (χ0n) is 13.4. The molecule has 1 saturated heterocycles. The number of hydrogen-bond acceptors (Lipinski definition) is 2. The number of nitrogens with zero attached hydrogens (tertiary/aromatic N) is 2. The van der Waals surface area contributed by atoms with Crippen LogP contribution >= 0.6 is 0 Å². The van der Waals surface area contributed by atoms with Gasteiger partial charge in [-0.1, -0.05) is 60.7 Å². The highest BCUT2D eigenvalue weighted by Gasteiger charge is 2.17. The van der Waals surface area contributed by atoms with Gasteiger partial charge in [0.25, 0.3) is 0 Å². The normalized spacial score (nSPS) is 15.9. The average Bonchev–Trinajstić information content (AvgIpc) is 2.63. The molecule has 0 radical (unpaired) electrons. The van der Waals surface area contributed by atoms with E-state index in [-0.39, 0.29) is 0 Å². The van der Waals surface area contributed by atoms with Crippen LogP contribution < -0.4 is 4.90 Å². The van der Waals surface area contributed by atoms with Crippen LogP contribution in [0.5, 0.6) is 0 Å². The molecule has 0 amide bonds. The fourth-order valence-corrected chi connectivity index (χ4v) is 3.38. The van der Waals surface area contributed by atoms with Crippen LogP contribution in [0.2, 0.25) is 0 Å². The standard InChI is InChI=1S/C21H22N2/c1-2-6-18(7-3-1)17-22-12-14-23(15-13-22)21-11-10-19-8-4-5-9-20(19)16-21/h1-11,16H,12-15,17H2. The quantitative estimate of drug-likeness (QED) is 0.717. The highest BCUT2D eigenvalue weighted by Crippen LogP contribution is 2.23. The van der Waals surface area contributed by atoms with Gasteiger partial charge in [0.1, 0.15) is 0 Å². The molecule has 3 aromatic rings. The maximum Gasteiger partial charge on any atom is 0.0373 e. The lowest BCUT2D eigenvalue weighted by Crippen LogP contribution is -2.45. The molecule has 0 aromatic heterocycles. The molecule has 1 aliphatic heterocycles. The molecule has 0 saturated carbocycles. The van der Waals surface area contributed by atoms with Crippen molar-refractivity contribution in [3.8, 4) is 0 Å². The van der Waals surface area contributed by atoms with Gasteiger partial charge in [0.05, 0.1) is 0 Å². The second-order valence-corrected chi connectivity index (χ2v) is 6.28. The van der Waals surface area contributed by atoms with Crippen LogP contribution in [0.15, 0.2) is 72.8 Å². The first-order valence-corrected chi connectivity index (χ1v) is 8.38. The van der Waals surface area contributed by atoms with Crippen LogP contribution in [0.25, 0.3) is 10.8 Å². The van der Waals surface area contributed by atoms with Crippen LogP contribution in [0.1, 0.15) is 5.56 Å². The van der Waals surface area contributed by atoms with E-state index in [9.17, 15) is 0 Å². The Kier molecular flexibility index (Phi) is 3.99. The Balaban J connectivity index is 1.42. The molecule has 1 heterocycles. The molecule has 0 bridgehead atoms. The van der Waals surface area contributed by atoms with Crippen molar-refractivity contribution >= 4 is 16.5 Å². The summed E-state index contributed by atoms with van der Waals surface area (Å²) in [7, 11) is 0. The van der Waals surface area contributed by atoms with Crippen molar-refractivity contribution < 1.29 is 0 Å². The third kappa shape index (κ3) is 3.22. The minimum Gasteiger partial charge on any atom is -0.369 e. The van der Waals surface area contributed by atoms with Gasteiger partial charge in [-0.15, -0.1) is 0 Å². The van der Waals surface area contributed by atoms with E-state index in [2.05, 4.69) is 82.6 Å². The number of anilines is 1. The van der Waals surface area contributed by atoms with E-state index in [4.69, 9.17) is 0 Å². The zero-order valence-corrected chi connectivity index (χ0v) is 13.4. The van der Waals surface area contributed by atoms with Gasteiger partial charge in [0, 0.05) is 38.4 Å². The first-order chi connectivity index (χ1) is 11.4. The molecule has 0 unspecified atom stereocenters. The van der Waals surface area contributed by atoms with Gasteiger partial charge in [-0.25, -0.2) is 0 Å². The average molecular weight is 302 g/mol. The molecule has 0 spiro atoms. The predicted molar refractivity (Wildman–Crippen MR) is 97.9 cm³/mol. The van der Waals surface area contributed by atoms with Crippen molar-refractivity contribution in [1.82, 2.24) is 4.90 Å². The van der Waals surface area contributed by atoms with E-state index in [0.29, 0.717) is 0 Å². The number of fused-ring (bicyclic) bond motifs is 1. The van der Waals surface area contributed by atoms with Gasteiger partial charge < -0.3 is 4.90 Å². The summed E-state index contributed by atoms with van der Waals surface area (Å²) in [6, 6.07) is 26.2. The molecule has 2 nitrogen and oxygen atoms in total. The third-order valence-electron chi connectivity index (χ3n) is 4.72. The van der Waals surface area contributed by atoms with Gasteiger partial charge in [-0.05, 0) is 28.5 Å². The minimum atomic E-state index is 1.06. The van der Waals surface area contributed by atoms with Crippen LogP contribution in [0, 0.1) is 0 Å². The third-order valence-corrected chi connectivity index (χ3v) is 4.72. The monoisotopic (exact) mass is 302 g/mol. The van der Waals surface area contributed by atoms with Crippen molar-refractivity contribution in [2.45, 2.75) is 6.54 Å². The van der Waals surface area contributed by atoms with Crippen molar-refractivity contribution in [2.75, 3.05) is 31.1 Å². The molecule has 2 heteroatoms. The van der Waals surface area contributed by atoms with Crippen molar-refractivity contribution in [3.63, 3.8) is 0 Å². The topological polar surface area (TPSA) is 6.48 Å². The second-order valence-electron chi connectivity index (χ2n) is 6.28. The second kappa shape index (κ2) is 6.43. The van der Waals surface area contributed by atoms with E-state index in [1.54, 1.807) is 0 Å². The highest BCUT2D eigenvalue weighted by atomic mass is 15.3. The van der Waals surface area contributed by atoms with Crippen LogP contribution in [0.4, 0.5) is 5.69 Å². The van der Waals surface area contributed by atoms with Crippen LogP contribution in [0.3, 0.4) is 0 Å². The SMILES string of the molecule is c1ccc(CN2CCN(c3ccc4ccccc4c3)CC2)cc1. The number of benzene rings is 3. The summed E-state index contributed by atoms with van der Waals surface area (Å²) in [6.45, 7) is 5.52. The van der Waals surface area contributed by atoms with Crippen molar-refractivity contribution in [1.29, 1.82) is 0 Å². The first-order valence-electron chi connectivity index (χ1n) is 8.38. The molecule has 23 heavy (non-hydrogen) atoms. The van der Waals surface area contributed by atoms with Crippen LogP contribution in [-0.2, 0) is 6.54 Å². The van der Waals surface area contributed by atoms with E-state index < -0.39 is 0 Å². The summed E-state index contributed by atoms with van der Waals surface area (Å²) in [6.07, 6.45) is 0. The van der Waals surface area contributed by atoms with Gasteiger partial charge in [-0.3, -0.25) is 4.90 Å². The summed E-state index contributed by atoms with van der Waals surface area (Å²) in [5, 5.41) is 2.65. The van der Waals surface area contributed by atoms with Crippen molar-refractivity contribution in [3.05, 3.63) is 78.4 Å². The number of rotatable bonds is 3. The molecule has 0 aliphatic carbocycles. The van der Waals surface area contributed by atoms with E-state index >= 15 is 0 Å². The first kappa shape index (κ1) is 14.3. The lowest BCUT2D eigenvalue weighted by molar-refractivity contribution is 0.250. The molecular weight excluding hydrogens is 280 g/mol. The van der Waals surface area contributed by atoms with E-state index in [0.717, 1.165) is 32.7 Å². The Morgan fingerprint density at radius 3 is 2.13 bits per heavy atom. The molecule has 1 aliphatic rings. The zero-order chi connectivity index (χ0) is 15.5. The van der Waals surface area contributed by atoms with E-state index in [1.807, 2.05) is 0 Å². The molecule has 1 fully saturated rings.